The number of rotatable bonds is 3. The van der Waals surface area contributed by atoms with Crippen LogP contribution in [-0.4, -0.2) is 18.0 Å². The zero-order chi connectivity index (χ0) is 14.0. The molecule has 1 amide bonds. The van der Waals surface area contributed by atoms with Gasteiger partial charge in [-0.2, -0.15) is 0 Å². The van der Waals surface area contributed by atoms with Crippen molar-refractivity contribution in [3.05, 3.63) is 35.4 Å². The Labute approximate surface area is 110 Å². The van der Waals surface area contributed by atoms with Crippen molar-refractivity contribution in [2.24, 2.45) is 5.73 Å². The maximum Gasteiger partial charge on any atom is 0.251 e. The Hall–Kier alpha value is -1.35. The zero-order valence-electron chi connectivity index (χ0n) is 12.0. The van der Waals surface area contributed by atoms with Crippen LogP contribution in [0, 0.1) is 0 Å². The van der Waals surface area contributed by atoms with Crippen LogP contribution in [0.3, 0.4) is 0 Å². The SMILES string of the molecule is CC(C)(CN)NC(=O)c1ccc(C(C)(C)C)cc1. The van der Waals surface area contributed by atoms with Gasteiger partial charge in [0.1, 0.15) is 0 Å². The largest absolute Gasteiger partial charge is 0.346 e. The molecule has 0 aromatic heterocycles. The molecule has 0 aliphatic rings. The average Bonchev–Trinajstić information content (AvgIpc) is 2.27. The van der Waals surface area contributed by atoms with Crippen molar-refractivity contribution in [2.75, 3.05) is 6.54 Å². The average molecular weight is 248 g/mol. The molecule has 3 heteroatoms. The first-order valence-corrected chi connectivity index (χ1v) is 6.29. The Morgan fingerprint density at radius 3 is 2.00 bits per heavy atom. The molecule has 18 heavy (non-hydrogen) atoms. The van der Waals surface area contributed by atoms with Gasteiger partial charge in [0, 0.05) is 17.6 Å². The summed E-state index contributed by atoms with van der Waals surface area (Å²) in [5, 5.41) is 2.92. The molecule has 0 saturated heterocycles. The van der Waals surface area contributed by atoms with Crippen molar-refractivity contribution in [3.8, 4) is 0 Å². The third kappa shape index (κ3) is 3.84. The van der Waals surface area contributed by atoms with Gasteiger partial charge in [-0.1, -0.05) is 32.9 Å². The zero-order valence-corrected chi connectivity index (χ0v) is 12.0. The number of hydrogen-bond donors (Lipinski definition) is 2. The van der Waals surface area contributed by atoms with E-state index in [0.717, 1.165) is 0 Å². The maximum absolute atomic E-state index is 12.0. The van der Waals surface area contributed by atoms with Crippen LogP contribution in [0.25, 0.3) is 0 Å². The molecule has 3 N–H and O–H groups in total. The van der Waals surface area contributed by atoms with Crippen LogP contribution < -0.4 is 11.1 Å². The highest BCUT2D eigenvalue weighted by Crippen LogP contribution is 2.22. The normalized spacial score (nSPS) is 12.3. The molecule has 0 atom stereocenters. The summed E-state index contributed by atoms with van der Waals surface area (Å²) in [7, 11) is 0. The molecule has 1 aromatic carbocycles. The molecular formula is C15H24N2O. The van der Waals surface area contributed by atoms with Crippen LogP contribution in [0.2, 0.25) is 0 Å². The van der Waals surface area contributed by atoms with E-state index in [-0.39, 0.29) is 16.9 Å². The standard InChI is InChI=1S/C15H24N2O/c1-14(2,3)12-8-6-11(7-9-12)13(18)17-15(4,5)10-16/h6-9H,10,16H2,1-5H3,(H,17,18). The molecule has 3 nitrogen and oxygen atoms in total. The highest BCUT2D eigenvalue weighted by Gasteiger charge is 2.20. The first-order valence-electron chi connectivity index (χ1n) is 6.29. The highest BCUT2D eigenvalue weighted by molar-refractivity contribution is 5.94. The Balaban J connectivity index is 2.83. The number of amides is 1. The minimum absolute atomic E-state index is 0.0779. The fourth-order valence-corrected chi connectivity index (χ4v) is 1.55. The van der Waals surface area contributed by atoms with Crippen LogP contribution in [0.15, 0.2) is 24.3 Å². The van der Waals surface area contributed by atoms with Crippen molar-refractivity contribution < 1.29 is 4.79 Å². The predicted molar refractivity (Wildman–Crippen MR) is 75.7 cm³/mol. The molecule has 1 rings (SSSR count). The number of nitrogens with one attached hydrogen (secondary N) is 1. The smallest absolute Gasteiger partial charge is 0.251 e. The van der Waals surface area contributed by atoms with E-state index >= 15 is 0 Å². The number of hydrogen-bond acceptors (Lipinski definition) is 2. The van der Waals surface area contributed by atoms with Crippen molar-refractivity contribution >= 4 is 5.91 Å². The lowest BCUT2D eigenvalue weighted by molar-refractivity contribution is 0.0915. The van der Waals surface area contributed by atoms with Crippen LogP contribution in [0.4, 0.5) is 0 Å². The van der Waals surface area contributed by atoms with Gasteiger partial charge in [0.2, 0.25) is 0 Å². The van der Waals surface area contributed by atoms with Crippen molar-refractivity contribution in [3.63, 3.8) is 0 Å². The van der Waals surface area contributed by atoms with Gasteiger partial charge >= 0.3 is 0 Å². The van der Waals surface area contributed by atoms with Crippen LogP contribution >= 0.6 is 0 Å². The summed E-state index contributed by atoms with van der Waals surface area (Å²) in [4.78, 5) is 12.0. The number of carbonyl (C=O) groups excluding carboxylic acids is 1. The Kier molecular flexibility index (Phi) is 4.17. The Bertz CT molecular complexity index is 413. The summed E-state index contributed by atoms with van der Waals surface area (Å²) in [6.45, 7) is 10.7. The Morgan fingerprint density at radius 1 is 1.11 bits per heavy atom. The third-order valence-corrected chi connectivity index (χ3v) is 2.98. The van der Waals surface area contributed by atoms with Gasteiger partial charge in [0.05, 0.1) is 0 Å². The molecule has 0 saturated carbocycles. The molecule has 0 radical (unpaired) electrons. The maximum atomic E-state index is 12.0. The van der Waals surface area contributed by atoms with E-state index in [4.69, 9.17) is 5.73 Å². The van der Waals surface area contributed by atoms with Crippen molar-refractivity contribution in [1.82, 2.24) is 5.32 Å². The predicted octanol–water partition coefficient (Wildman–Crippen LogP) is 2.45. The summed E-state index contributed by atoms with van der Waals surface area (Å²) < 4.78 is 0. The fourth-order valence-electron chi connectivity index (χ4n) is 1.55. The van der Waals surface area contributed by atoms with Gasteiger partial charge in [0.15, 0.2) is 0 Å². The number of benzene rings is 1. The summed E-state index contributed by atoms with van der Waals surface area (Å²) in [6.07, 6.45) is 0. The summed E-state index contributed by atoms with van der Waals surface area (Å²) in [5.74, 6) is -0.0779. The van der Waals surface area contributed by atoms with Crippen molar-refractivity contribution in [1.29, 1.82) is 0 Å². The van der Waals surface area contributed by atoms with E-state index in [2.05, 4.69) is 26.1 Å². The second-order valence-electron chi connectivity index (χ2n) is 6.37. The lowest BCUT2D eigenvalue weighted by atomic mass is 9.86. The molecule has 0 aliphatic heterocycles. The van der Waals surface area contributed by atoms with E-state index in [1.54, 1.807) is 0 Å². The molecule has 0 fully saturated rings. The number of carbonyl (C=O) groups is 1. The minimum atomic E-state index is -0.375. The first-order chi connectivity index (χ1) is 8.15. The van der Waals surface area contributed by atoms with Gasteiger partial charge in [-0.05, 0) is 37.0 Å². The second-order valence-corrected chi connectivity index (χ2v) is 6.37. The van der Waals surface area contributed by atoms with Gasteiger partial charge in [-0.3, -0.25) is 4.79 Å². The summed E-state index contributed by atoms with van der Waals surface area (Å²) >= 11 is 0. The molecule has 0 heterocycles. The second kappa shape index (κ2) is 5.11. The molecule has 0 aliphatic carbocycles. The van der Waals surface area contributed by atoms with Crippen LogP contribution in [-0.2, 0) is 5.41 Å². The van der Waals surface area contributed by atoms with Gasteiger partial charge in [0.25, 0.3) is 5.91 Å². The van der Waals surface area contributed by atoms with Crippen LogP contribution in [0.5, 0.6) is 0 Å². The van der Waals surface area contributed by atoms with Gasteiger partial charge < -0.3 is 11.1 Å². The summed E-state index contributed by atoms with van der Waals surface area (Å²) in [6, 6.07) is 7.74. The van der Waals surface area contributed by atoms with Gasteiger partial charge in [-0.15, -0.1) is 0 Å². The highest BCUT2D eigenvalue weighted by atomic mass is 16.1. The number of nitrogens with two attached hydrogens (primary N) is 1. The van der Waals surface area contributed by atoms with E-state index in [1.807, 2.05) is 38.1 Å². The van der Waals surface area contributed by atoms with E-state index in [0.29, 0.717) is 12.1 Å². The molecular weight excluding hydrogens is 224 g/mol. The fraction of sp³-hybridized carbons (Fsp3) is 0.533. The van der Waals surface area contributed by atoms with Crippen molar-refractivity contribution in [2.45, 2.75) is 45.6 Å². The Morgan fingerprint density at radius 2 is 1.61 bits per heavy atom. The first kappa shape index (κ1) is 14.7. The minimum Gasteiger partial charge on any atom is -0.346 e. The lowest BCUT2D eigenvalue weighted by Crippen LogP contribution is -2.48. The van der Waals surface area contributed by atoms with E-state index in [9.17, 15) is 4.79 Å². The molecule has 1 aromatic rings. The molecule has 0 bridgehead atoms. The van der Waals surface area contributed by atoms with E-state index < -0.39 is 0 Å². The quantitative estimate of drug-likeness (QED) is 0.863. The topological polar surface area (TPSA) is 55.1 Å². The van der Waals surface area contributed by atoms with E-state index in [1.165, 1.54) is 5.56 Å². The van der Waals surface area contributed by atoms with Gasteiger partial charge in [-0.25, -0.2) is 0 Å². The monoisotopic (exact) mass is 248 g/mol. The lowest BCUT2D eigenvalue weighted by Gasteiger charge is -2.24. The third-order valence-electron chi connectivity index (χ3n) is 2.98. The van der Waals surface area contributed by atoms with Crippen LogP contribution in [0.1, 0.15) is 50.5 Å². The molecule has 0 spiro atoms. The molecule has 0 unspecified atom stereocenters. The molecule has 100 valence electrons. The summed E-state index contributed by atoms with van der Waals surface area (Å²) in [5.41, 5.74) is 7.22.